The number of Topliss-reactive ketones (excluding diaryl/α,β-unsaturated/α-hetero) is 1. The number of aliphatic hydroxyl groups excluding tert-OH is 1. The summed E-state index contributed by atoms with van der Waals surface area (Å²) in [7, 11) is 0. The number of hydrogen-bond acceptors (Lipinski definition) is 7. The van der Waals surface area contributed by atoms with Crippen molar-refractivity contribution >= 4 is 17.7 Å². The van der Waals surface area contributed by atoms with Gasteiger partial charge in [0.1, 0.15) is 11.4 Å². The van der Waals surface area contributed by atoms with E-state index in [0.29, 0.717) is 37.0 Å². The third-order valence-electron chi connectivity index (χ3n) is 10.5. The molecule has 0 bridgehead atoms. The van der Waals surface area contributed by atoms with E-state index in [1.54, 1.807) is 39.0 Å². The molecule has 222 valence electrons. The number of ketones is 1. The van der Waals surface area contributed by atoms with Crippen molar-refractivity contribution in [3.8, 4) is 0 Å². The summed E-state index contributed by atoms with van der Waals surface area (Å²) in [6, 6.07) is 0. The van der Waals surface area contributed by atoms with Crippen LogP contribution in [0.25, 0.3) is 0 Å². The molecule has 4 aliphatic carbocycles. The van der Waals surface area contributed by atoms with Gasteiger partial charge in [0, 0.05) is 29.6 Å². The van der Waals surface area contributed by atoms with Crippen molar-refractivity contribution < 1.29 is 38.5 Å². The normalized spacial score (nSPS) is 39.8. The van der Waals surface area contributed by atoms with E-state index in [0.717, 1.165) is 19.3 Å². The second-order valence-corrected chi connectivity index (χ2v) is 12.8. The van der Waals surface area contributed by atoms with E-state index in [4.69, 9.17) is 9.47 Å². The fourth-order valence-electron chi connectivity index (χ4n) is 8.11. The van der Waals surface area contributed by atoms with Crippen molar-refractivity contribution in [2.24, 2.45) is 28.6 Å². The fourth-order valence-corrected chi connectivity index (χ4v) is 8.11. The minimum atomic E-state index is -2.06. The number of hydrogen-bond donors (Lipinski definition) is 2. The SMILES string of the molecule is CCCCC(=O)OCC(=O)[C@@]1(O)[C@@H](C)C[C@H]2C3CC=C4C=C(OC(=O)CCCC)C=C[C@]4(C)[C@@]3(F)[C@@H](O)C[C@@]21C. The number of carbonyl (C=O) groups excluding carboxylic acids is 3. The van der Waals surface area contributed by atoms with Crippen LogP contribution in [-0.4, -0.2) is 51.9 Å². The zero-order valence-corrected chi connectivity index (χ0v) is 24.5. The Morgan fingerprint density at radius 1 is 1.07 bits per heavy atom. The van der Waals surface area contributed by atoms with Gasteiger partial charge in [0.05, 0.1) is 6.10 Å². The average Bonchev–Trinajstić information content (AvgIpc) is 3.11. The van der Waals surface area contributed by atoms with Crippen molar-refractivity contribution in [2.75, 3.05) is 6.61 Å². The zero-order chi connectivity index (χ0) is 29.5. The van der Waals surface area contributed by atoms with Crippen molar-refractivity contribution in [1.29, 1.82) is 0 Å². The molecule has 0 aliphatic heterocycles. The molecule has 40 heavy (non-hydrogen) atoms. The predicted molar refractivity (Wildman–Crippen MR) is 147 cm³/mol. The number of allylic oxidation sites excluding steroid dienone is 5. The van der Waals surface area contributed by atoms with E-state index in [2.05, 4.69) is 0 Å². The first-order chi connectivity index (χ1) is 18.8. The molecular weight excluding hydrogens is 515 g/mol. The smallest absolute Gasteiger partial charge is 0.311 e. The van der Waals surface area contributed by atoms with E-state index in [-0.39, 0.29) is 24.7 Å². The van der Waals surface area contributed by atoms with Gasteiger partial charge in [-0.15, -0.1) is 0 Å². The van der Waals surface area contributed by atoms with E-state index >= 15 is 4.39 Å². The molecule has 4 aliphatic rings. The monoisotopic (exact) mass is 560 g/mol. The van der Waals surface area contributed by atoms with Gasteiger partial charge in [-0.25, -0.2) is 4.39 Å². The summed E-state index contributed by atoms with van der Waals surface area (Å²) in [5, 5.41) is 23.5. The van der Waals surface area contributed by atoms with Crippen LogP contribution < -0.4 is 0 Å². The molecule has 0 aromatic carbocycles. The van der Waals surface area contributed by atoms with Crippen LogP contribution in [0.5, 0.6) is 0 Å². The first-order valence-electron chi connectivity index (χ1n) is 14.9. The molecule has 1 unspecified atom stereocenters. The zero-order valence-electron chi connectivity index (χ0n) is 24.5. The van der Waals surface area contributed by atoms with E-state index < -0.39 is 58.4 Å². The lowest BCUT2D eigenvalue weighted by Crippen LogP contribution is -2.69. The Morgan fingerprint density at radius 3 is 2.38 bits per heavy atom. The lowest BCUT2D eigenvalue weighted by atomic mass is 9.45. The summed E-state index contributed by atoms with van der Waals surface area (Å²) in [6.07, 6.45) is 9.65. The summed E-state index contributed by atoms with van der Waals surface area (Å²) in [4.78, 5) is 37.7. The van der Waals surface area contributed by atoms with E-state index in [1.165, 1.54) is 0 Å². The van der Waals surface area contributed by atoms with Crippen LogP contribution >= 0.6 is 0 Å². The number of carbonyl (C=O) groups is 3. The lowest BCUT2D eigenvalue weighted by Gasteiger charge is -2.61. The molecule has 2 fully saturated rings. The van der Waals surface area contributed by atoms with Crippen molar-refractivity contribution in [3.05, 3.63) is 35.6 Å². The molecule has 7 nitrogen and oxygen atoms in total. The Labute approximate surface area is 236 Å². The molecule has 0 radical (unpaired) electrons. The molecule has 8 atom stereocenters. The van der Waals surface area contributed by atoms with E-state index in [1.807, 2.05) is 19.9 Å². The molecule has 0 heterocycles. The quantitative estimate of drug-likeness (QED) is 0.349. The maximum atomic E-state index is 17.5. The van der Waals surface area contributed by atoms with Gasteiger partial charge in [-0.1, -0.05) is 52.7 Å². The second-order valence-electron chi connectivity index (χ2n) is 12.8. The van der Waals surface area contributed by atoms with Gasteiger partial charge >= 0.3 is 11.9 Å². The van der Waals surface area contributed by atoms with Crippen LogP contribution in [-0.2, 0) is 23.9 Å². The molecule has 0 amide bonds. The highest BCUT2D eigenvalue weighted by Crippen LogP contribution is 2.70. The molecule has 2 N–H and O–H groups in total. The molecule has 8 heteroatoms. The minimum absolute atomic E-state index is 0.111. The van der Waals surface area contributed by atoms with Gasteiger partial charge in [0.25, 0.3) is 0 Å². The molecule has 0 spiro atoms. The Bertz CT molecular complexity index is 1130. The number of alkyl halides is 1. The number of fused-ring (bicyclic) bond motifs is 5. The highest BCUT2D eigenvalue weighted by Gasteiger charge is 2.75. The Balaban J connectivity index is 1.60. The third-order valence-corrected chi connectivity index (χ3v) is 10.5. The van der Waals surface area contributed by atoms with Crippen molar-refractivity contribution in [2.45, 2.75) is 110 Å². The van der Waals surface area contributed by atoms with Crippen LogP contribution in [0, 0.1) is 28.6 Å². The van der Waals surface area contributed by atoms with Crippen molar-refractivity contribution in [3.63, 3.8) is 0 Å². The minimum Gasteiger partial charge on any atom is -0.458 e. The average molecular weight is 561 g/mol. The largest absolute Gasteiger partial charge is 0.458 e. The molecule has 0 aromatic heterocycles. The number of rotatable bonds is 10. The maximum Gasteiger partial charge on any atom is 0.311 e. The first kappa shape index (κ1) is 30.6. The molecule has 0 saturated heterocycles. The first-order valence-corrected chi connectivity index (χ1v) is 14.9. The van der Waals surface area contributed by atoms with Gasteiger partial charge in [-0.2, -0.15) is 0 Å². The van der Waals surface area contributed by atoms with Gasteiger partial charge in [-0.3, -0.25) is 14.4 Å². The predicted octanol–water partition coefficient (Wildman–Crippen LogP) is 5.29. The summed E-state index contributed by atoms with van der Waals surface area (Å²) in [5.41, 5.74) is -5.57. The van der Waals surface area contributed by atoms with Crippen LogP contribution in [0.15, 0.2) is 35.6 Å². The summed E-state index contributed by atoms with van der Waals surface area (Å²) >= 11 is 0. The van der Waals surface area contributed by atoms with Crippen LogP contribution in [0.2, 0.25) is 0 Å². The second kappa shape index (κ2) is 11.2. The molecular formula is C32H45FO7. The Hall–Kier alpha value is -2.32. The standard InChI is InChI=1S/C32H45FO7/c1-6-8-10-27(36)39-19-26(35)32(38)20(3)16-24-23-13-12-21-17-22(40-28(37)11-9-7-2)14-15-29(21,4)31(23,33)25(34)18-30(24,32)5/h12,14-15,17,20,23-25,34,38H,6-11,13,16,18-19H2,1-5H3/t20-,23?,24-,25-,29-,30-,31-,32-/m0/s1. The Kier molecular flexibility index (Phi) is 8.55. The van der Waals surface area contributed by atoms with Crippen molar-refractivity contribution in [1.82, 2.24) is 0 Å². The van der Waals surface area contributed by atoms with Gasteiger partial charge in [-0.05, 0) is 68.6 Å². The molecule has 4 rings (SSSR count). The van der Waals surface area contributed by atoms with E-state index in [9.17, 15) is 24.6 Å². The lowest BCUT2D eigenvalue weighted by molar-refractivity contribution is -0.214. The number of aliphatic hydroxyl groups is 2. The molecule has 2 saturated carbocycles. The van der Waals surface area contributed by atoms with Gasteiger partial charge in [0.2, 0.25) is 5.78 Å². The highest BCUT2D eigenvalue weighted by molar-refractivity contribution is 5.91. The topological polar surface area (TPSA) is 110 Å². The molecule has 0 aromatic rings. The van der Waals surface area contributed by atoms with Gasteiger partial charge in [0.15, 0.2) is 12.3 Å². The van der Waals surface area contributed by atoms with Crippen LogP contribution in [0.4, 0.5) is 4.39 Å². The number of halogens is 1. The number of ether oxygens (including phenoxy) is 2. The maximum absolute atomic E-state index is 17.5. The summed E-state index contributed by atoms with van der Waals surface area (Å²) in [5.74, 6) is -2.61. The third kappa shape index (κ3) is 4.59. The fraction of sp³-hybridized carbons (Fsp3) is 0.719. The number of unbranched alkanes of at least 4 members (excludes halogenated alkanes) is 2. The van der Waals surface area contributed by atoms with Crippen LogP contribution in [0.1, 0.15) is 92.4 Å². The summed E-state index contributed by atoms with van der Waals surface area (Å²) in [6.45, 7) is 8.71. The summed E-state index contributed by atoms with van der Waals surface area (Å²) < 4.78 is 28.2. The Morgan fingerprint density at radius 2 is 1.73 bits per heavy atom. The number of esters is 2. The highest BCUT2D eigenvalue weighted by atomic mass is 19.1. The van der Waals surface area contributed by atoms with Crippen LogP contribution in [0.3, 0.4) is 0 Å². The van der Waals surface area contributed by atoms with Gasteiger partial charge < -0.3 is 19.7 Å².